The number of ether oxygens (including phenoxy) is 3. The van der Waals surface area contributed by atoms with E-state index in [9.17, 15) is 19.5 Å². The average molecular weight is 528 g/mol. The minimum Gasteiger partial charge on any atom is -0.507 e. The van der Waals surface area contributed by atoms with Gasteiger partial charge in [-0.25, -0.2) is 4.79 Å². The van der Waals surface area contributed by atoms with Crippen molar-refractivity contribution in [2.75, 3.05) is 47.0 Å². The molecule has 3 rings (SSSR count). The number of benzene rings is 1. The van der Waals surface area contributed by atoms with Crippen LogP contribution in [0.3, 0.4) is 0 Å². The van der Waals surface area contributed by atoms with E-state index in [2.05, 4.69) is 9.88 Å². The molecule has 0 radical (unpaired) electrons. The van der Waals surface area contributed by atoms with Gasteiger partial charge in [-0.2, -0.15) is 0 Å². The molecule has 206 valence electrons. The predicted octanol–water partition coefficient (Wildman–Crippen LogP) is 3.59. The van der Waals surface area contributed by atoms with E-state index in [0.29, 0.717) is 34.9 Å². The molecule has 1 aromatic heterocycles. The highest BCUT2D eigenvalue weighted by atomic mass is 16.5. The van der Waals surface area contributed by atoms with Gasteiger partial charge in [0.15, 0.2) is 0 Å². The van der Waals surface area contributed by atoms with Crippen LogP contribution in [0.5, 0.6) is 11.5 Å². The van der Waals surface area contributed by atoms with Gasteiger partial charge >= 0.3 is 5.97 Å². The summed E-state index contributed by atoms with van der Waals surface area (Å²) in [7, 11) is 3.02. The lowest BCUT2D eigenvalue weighted by Crippen LogP contribution is -2.38. The van der Waals surface area contributed by atoms with E-state index in [1.165, 1.54) is 19.1 Å². The van der Waals surface area contributed by atoms with E-state index < -0.39 is 23.7 Å². The first kappa shape index (κ1) is 28.8. The van der Waals surface area contributed by atoms with Crippen LogP contribution in [0.1, 0.15) is 59.7 Å². The molecule has 1 saturated heterocycles. The Morgan fingerprint density at radius 3 is 2.37 bits per heavy atom. The highest BCUT2D eigenvalue weighted by molar-refractivity contribution is 6.46. The number of H-pyrrole nitrogens is 1. The van der Waals surface area contributed by atoms with Gasteiger partial charge in [0.1, 0.15) is 23.0 Å². The van der Waals surface area contributed by atoms with E-state index in [4.69, 9.17) is 14.2 Å². The number of hydrogen-bond donors (Lipinski definition) is 2. The molecule has 0 spiro atoms. The summed E-state index contributed by atoms with van der Waals surface area (Å²) >= 11 is 0. The summed E-state index contributed by atoms with van der Waals surface area (Å²) in [5, 5.41) is 11.6. The maximum Gasteiger partial charge on any atom is 0.355 e. The van der Waals surface area contributed by atoms with Crippen LogP contribution in [0.15, 0.2) is 23.8 Å². The summed E-state index contributed by atoms with van der Waals surface area (Å²) in [6.07, 6.45) is 0. The molecule has 1 aromatic carbocycles. The Morgan fingerprint density at radius 2 is 1.79 bits per heavy atom. The van der Waals surface area contributed by atoms with Gasteiger partial charge in [-0.15, -0.1) is 0 Å². The molecule has 2 aromatic rings. The Balaban J connectivity index is 2.26. The fraction of sp³-hybridized carbons (Fsp3) is 0.464. The number of methoxy groups -OCH3 is 2. The normalized spacial score (nSPS) is 16.8. The number of ketones is 1. The third-order valence-electron chi connectivity index (χ3n) is 6.98. The van der Waals surface area contributed by atoms with Gasteiger partial charge in [0.05, 0.1) is 32.4 Å². The maximum atomic E-state index is 13.5. The third-order valence-corrected chi connectivity index (χ3v) is 6.98. The van der Waals surface area contributed by atoms with Gasteiger partial charge in [-0.1, -0.05) is 13.8 Å². The van der Waals surface area contributed by atoms with Crippen molar-refractivity contribution in [2.45, 2.75) is 40.7 Å². The number of aliphatic hydroxyl groups excluding tert-OH is 1. The van der Waals surface area contributed by atoms with Crippen LogP contribution in [0.2, 0.25) is 0 Å². The first-order valence-corrected chi connectivity index (χ1v) is 12.7. The Kier molecular flexibility index (Phi) is 9.22. The quantitative estimate of drug-likeness (QED) is 0.197. The van der Waals surface area contributed by atoms with Crippen LogP contribution < -0.4 is 9.47 Å². The Labute approximate surface area is 223 Å². The number of aliphatic hydroxyl groups is 1. The number of carbonyl (C=O) groups excluding carboxylic acids is 3. The molecule has 0 saturated carbocycles. The van der Waals surface area contributed by atoms with Crippen LogP contribution in [0.25, 0.3) is 5.76 Å². The zero-order chi connectivity index (χ0) is 28.1. The van der Waals surface area contributed by atoms with Crippen molar-refractivity contribution in [3.63, 3.8) is 0 Å². The van der Waals surface area contributed by atoms with Crippen molar-refractivity contribution >= 4 is 23.4 Å². The number of amides is 1. The highest BCUT2D eigenvalue weighted by Gasteiger charge is 2.47. The lowest BCUT2D eigenvalue weighted by molar-refractivity contribution is -0.140. The van der Waals surface area contributed by atoms with Crippen LogP contribution in [-0.4, -0.2) is 84.6 Å². The van der Waals surface area contributed by atoms with E-state index in [1.807, 2.05) is 13.8 Å². The summed E-state index contributed by atoms with van der Waals surface area (Å²) in [5.74, 6) is -1.53. The number of carbonyl (C=O) groups is 3. The largest absolute Gasteiger partial charge is 0.507 e. The molecule has 38 heavy (non-hydrogen) atoms. The number of aromatic amines is 1. The molecule has 2 heterocycles. The smallest absolute Gasteiger partial charge is 0.355 e. The monoisotopic (exact) mass is 527 g/mol. The number of esters is 1. The number of aryl methyl sites for hydroxylation is 1. The molecule has 10 nitrogen and oxygen atoms in total. The summed E-state index contributed by atoms with van der Waals surface area (Å²) in [6, 6.07) is 4.18. The molecule has 1 unspecified atom stereocenters. The lowest BCUT2D eigenvalue weighted by Gasteiger charge is -2.29. The van der Waals surface area contributed by atoms with Crippen LogP contribution in [0, 0.1) is 13.8 Å². The number of likely N-dealkylation sites (N-methyl/N-ethyl adjacent to an activating group) is 1. The first-order chi connectivity index (χ1) is 18.1. The van der Waals surface area contributed by atoms with Gasteiger partial charge < -0.3 is 34.1 Å². The molecule has 1 aliphatic rings. The number of nitrogens with zero attached hydrogens (tertiary/aromatic N) is 2. The molecule has 1 atom stereocenters. The van der Waals surface area contributed by atoms with Gasteiger partial charge in [-0.05, 0) is 57.6 Å². The van der Waals surface area contributed by atoms with E-state index >= 15 is 0 Å². The van der Waals surface area contributed by atoms with Crippen molar-refractivity contribution in [1.82, 2.24) is 14.8 Å². The number of Topliss-reactive ketones (excluding diaryl/α,β-unsaturated/α-hetero) is 1. The topological polar surface area (TPSA) is 121 Å². The van der Waals surface area contributed by atoms with Gasteiger partial charge in [0.2, 0.25) is 0 Å². The Hall–Kier alpha value is -3.79. The van der Waals surface area contributed by atoms with Crippen molar-refractivity contribution in [3.8, 4) is 11.5 Å². The minimum absolute atomic E-state index is 0.0818. The van der Waals surface area contributed by atoms with E-state index in [0.717, 1.165) is 13.1 Å². The van der Waals surface area contributed by atoms with Crippen molar-refractivity contribution in [2.24, 2.45) is 0 Å². The molecular weight excluding hydrogens is 490 g/mol. The SMILES string of the molecule is CCOC(=O)c1[nH]c(C)c(C(O)=C2C(=O)C(=O)N(CCN(CC)CC)C2c2cc(OC)ccc2OC)c1C. The Bertz CT molecular complexity index is 1240. The number of hydrogen-bond acceptors (Lipinski definition) is 8. The standard InChI is InChI=1S/C28H37N3O7/c1-8-30(9-2)13-14-31-24(19-15-18(36-6)11-12-20(19)37-7)22(26(33)27(31)34)25(32)21-16(4)23(29-17(21)5)28(35)38-10-3/h11-12,15,24,29,32H,8-10,13-14H2,1-7H3. The fourth-order valence-corrected chi connectivity index (χ4v) is 4.92. The summed E-state index contributed by atoms with van der Waals surface area (Å²) in [6.45, 7) is 11.6. The fourth-order valence-electron chi connectivity index (χ4n) is 4.92. The maximum absolute atomic E-state index is 13.5. The zero-order valence-electron chi connectivity index (χ0n) is 23.1. The first-order valence-electron chi connectivity index (χ1n) is 12.7. The summed E-state index contributed by atoms with van der Waals surface area (Å²) < 4.78 is 16.1. The molecule has 2 N–H and O–H groups in total. The van der Waals surface area contributed by atoms with Crippen molar-refractivity contribution in [3.05, 3.63) is 51.9 Å². The molecule has 1 fully saturated rings. The average Bonchev–Trinajstić information content (AvgIpc) is 3.35. The molecule has 1 amide bonds. The third kappa shape index (κ3) is 5.26. The van der Waals surface area contributed by atoms with E-state index in [1.54, 1.807) is 39.0 Å². The molecule has 1 aliphatic heterocycles. The van der Waals surface area contributed by atoms with Crippen molar-refractivity contribution < 1.29 is 33.7 Å². The molecular formula is C28H37N3O7. The molecule has 10 heteroatoms. The summed E-state index contributed by atoms with van der Waals surface area (Å²) in [4.78, 5) is 46.0. The van der Waals surface area contributed by atoms with E-state index in [-0.39, 0.29) is 35.7 Å². The van der Waals surface area contributed by atoms with Gasteiger partial charge in [-0.3, -0.25) is 9.59 Å². The second-order valence-electron chi connectivity index (χ2n) is 8.97. The number of likely N-dealkylation sites (tertiary alicyclic amines) is 1. The Morgan fingerprint density at radius 1 is 1.11 bits per heavy atom. The lowest BCUT2D eigenvalue weighted by atomic mass is 9.93. The van der Waals surface area contributed by atoms with Gasteiger partial charge in [0, 0.05) is 29.9 Å². The van der Waals surface area contributed by atoms with Crippen LogP contribution in [0.4, 0.5) is 0 Å². The summed E-state index contributed by atoms with van der Waals surface area (Å²) in [5.41, 5.74) is 1.77. The second kappa shape index (κ2) is 12.2. The van der Waals surface area contributed by atoms with Crippen LogP contribution in [-0.2, 0) is 14.3 Å². The molecule has 0 aliphatic carbocycles. The molecule has 0 bridgehead atoms. The number of rotatable bonds is 11. The van der Waals surface area contributed by atoms with Gasteiger partial charge in [0.25, 0.3) is 11.7 Å². The highest BCUT2D eigenvalue weighted by Crippen LogP contribution is 2.44. The zero-order valence-corrected chi connectivity index (χ0v) is 23.1. The minimum atomic E-state index is -0.935. The van der Waals surface area contributed by atoms with Crippen molar-refractivity contribution in [1.29, 1.82) is 0 Å². The number of nitrogens with one attached hydrogen (secondary N) is 1. The second-order valence-corrected chi connectivity index (χ2v) is 8.97. The predicted molar refractivity (Wildman–Crippen MR) is 143 cm³/mol. The number of aromatic nitrogens is 1. The van der Waals surface area contributed by atoms with Crippen LogP contribution >= 0.6 is 0 Å².